The van der Waals surface area contributed by atoms with E-state index in [-0.39, 0.29) is 11.5 Å². The maximum Gasteiger partial charge on any atom is 0.182 e. The number of anilines is 1. The zero-order valence-corrected chi connectivity index (χ0v) is 13.5. The molecule has 3 rings (SSSR count). The molecule has 1 heterocycles. The first-order chi connectivity index (χ1) is 9.90. The van der Waals surface area contributed by atoms with Crippen molar-refractivity contribution >= 4 is 28.9 Å². The number of nitrogens with two attached hydrogens (primary N) is 1. The van der Waals surface area contributed by atoms with Crippen LogP contribution >= 0.6 is 23.2 Å². The van der Waals surface area contributed by atoms with Gasteiger partial charge in [-0.1, -0.05) is 43.5 Å². The molecule has 1 aromatic heterocycles. The van der Waals surface area contributed by atoms with Crippen molar-refractivity contribution in [3.63, 3.8) is 0 Å². The monoisotopic (exact) mass is 325 g/mol. The fraction of sp³-hybridized carbons (Fsp3) is 0.500. The summed E-state index contributed by atoms with van der Waals surface area (Å²) in [6.45, 7) is 4.50. The Morgan fingerprint density at radius 1 is 1.33 bits per heavy atom. The zero-order chi connectivity index (χ0) is 15.2. The molecule has 2 aromatic rings. The van der Waals surface area contributed by atoms with Gasteiger partial charge in [-0.2, -0.15) is 0 Å². The number of rotatable bonds is 2. The van der Waals surface area contributed by atoms with Gasteiger partial charge >= 0.3 is 0 Å². The van der Waals surface area contributed by atoms with E-state index in [0.29, 0.717) is 21.6 Å². The smallest absolute Gasteiger partial charge is 0.182 e. The molecule has 0 aliphatic heterocycles. The zero-order valence-electron chi connectivity index (χ0n) is 12.0. The Kier molecular flexibility index (Phi) is 3.58. The molecule has 1 atom stereocenters. The van der Waals surface area contributed by atoms with Crippen molar-refractivity contribution in [2.45, 2.75) is 39.2 Å². The van der Waals surface area contributed by atoms with Gasteiger partial charge in [0.05, 0.1) is 21.8 Å². The molecule has 21 heavy (non-hydrogen) atoms. The number of nitrogen functional groups attached to an aromatic ring is 1. The summed E-state index contributed by atoms with van der Waals surface area (Å²) in [4.78, 5) is 0. The maximum absolute atomic E-state index is 6.11. The quantitative estimate of drug-likeness (QED) is 0.848. The minimum absolute atomic E-state index is 0.173. The fourth-order valence-corrected chi connectivity index (χ4v) is 3.43. The van der Waals surface area contributed by atoms with E-state index in [9.17, 15) is 0 Å². The van der Waals surface area contributed by atoms with Crippen molar-refractivity contribution in [1.29, 1.82) is 0 Å². The first kappa shape index (κ1) is 14.6. The summed E-state index contributed by atoms with van der Waals surface area (Å²) < 4.78 is 1.89. The molecule has 1 aliphatic carbocycles. The molecule has 0 saturated heterocycles. The Morgan fingerprint density at radius 2 is 2.10 bits per heavy atom. The van der Waals surface area contributed by atoms with Gasteiger partial charge in [-0.15, -0.1) is 5.10 Å². The van der Waals surface area contributed by atoms with Gasteiger partial charge < -0.3 is 5.73 Å². The van der Waals surface area contributed by atoms with Gasteiger partial charge in [-0.25, -0.2) is 4.68 Å². The van der Waals surface area contributed by atoms with Crippen LogP contribution in [0.2, 0.25) is 10.0 Å². The van der Waals surface area contributed by atoms with E-state index in [2.05, 4.69) is 29.4 Å². The Labute approximate surface area is 133 Å². The van der Waals surface area contributed by atoms with Gasteiger partial charge in [-0.05, 0) is 40.8 Å². The molecule has 1 saturated carbocycles. The number of hydrogen-bond acceptors (Lipinski definition) is 4. The SMILES string of the molecule is CC1(C)CCCC1n1nnnc1-c1cc(N)c(Cl)c(Cl)c1. The minimum Gasteiger partial charge on any atom is -0.397 e. The third kappa shape index (κ3) is 2.49. The topological polar surface area (TPSA) is 69.6 Å². The average Bonchev–Trinajstić information content (AvgIpc) is 3.00. The number of halogens is 2. The molecule has 0 bridgehead atoms. The van der Waals surface area contributed by atoms with E-state index in [1.165, 1.54) is 12.8 Å². The largest absolute Gasteiger partial charge is 0.397 e. The van der Waals surface area contributed by atoms with Crippen molar-refractivity contribution in [2.75, 3.05) is 5.73 Å². The van der Waals surface area contributed by atoms with Crippen LogP contribution in [0, 0.1) is 5.41 Å². The summed E-state index contributed by atoms with van der Waals surface area (Å²) in [7, 11) is 0. The summed E-state index contributed by atoms with van der Waals surface area (Å²) >= 11 is 12.1. The van der Waals surface area contributed by atoms with E-state index in [0.717, 1.165) is 12.0 Å². The van der Waals surface area contributed by atoms with Crippen LogP contribution in [0.4, 0.5) is 5.69 Å². The highest BCUT2D eigenvalue weighted by Gasteiger charge is 2.38. The van der Waals surface area contributed by atoms with E-state index < -0.39 is 0 Å². The predicted molar refractivity (Wildman–Crippen MR) is 84.4 cm³/mol. The molecule has 112 valence electrons. The molecule has 0 radical (unpaired) electrons. The highest BCUT2D eigenvalue weighted by Crippen LogP contribution is 2.46. The molecule has 0 spiro atoms. The van der Waals surface area contributed by atoms with Crippen LogP contribution < -0.4 is 5.73 Å². The van der Waals surface area contributed by atoms with Crippen molar-refractivity contribution in [1.82, 2.24) is 20.2 Å². The summed E-state index contributed by atoms with van der Waals surface area (Å²) in [5.41, 5.74) is 7.28. The van der Waals surface area contributed by atoms with Crippen molar-refractivity contribution in [3.05, 3.63) is 22.2 Å². The highest BCUT2D eigenvalue weighted by molar-refractivity contribution is 6.43. The van der Waals surface area contributed by atoms with Gasteiger partial charge in [0.25, 0.3) is 0 Å². The first-order valence-electron chi connectivity index (χ1n) is 6.93. The van der Waals surface area contributed by atoms with E-state index >= 15 is 0 Å². The van der Waals surface area contributed by atoms with Gasteiger partial charge in [0.15, 0.2) is 5.82 Å². The molecule has 1 aromatic carbocycles. The lowest BCUT2D eigenvalue weighted by Gasteiger charge is -2.27. The molecule has 1 unspecified atom stereocenters. The second-order valence-corrected chi connectivity index (χ2v) is 6.99. The molecule has 0 amide bonds. The normalized spacial score (nSPS) is 20.9. The van der Waals surface area contributed by atoms with E-state index in [1.807, 2.05) is 4.68 Å². The number of aromatic nitrogens is 4. The second kappa shape index (κ2) is 5.14. The lowest BCUT2D eigenvalue weighted by atomic mass is 9.87. The number of tetrazole rings is 1. The van der Waals surface area contributed by atoms with Gasteiger partial charge in [0, 0.05) is 5.56 Å². The van der Waals surface area contributed by atoms with Crippen LogP contribution in [-0.2, 0) is 0 Å². The predicted octanol–water partition coefficient (Wildman–Crippen LogP) is 3.98. The first-order valence-corrected chi connectivity index (χ1v) is 7.68. The maximum atomic E-state index is 6.11. The molecule has 5 nitrogen and oxygen atoms in total. The average molecular weight is 326 g/mol. The van der Waals surface area contributed by atoms with Gasteiger partial charge in [0.2, 0.25) is 0 Å². The summed E-state index contributed by atoms with van der Waals surface area (Å²) in [6.07, 6.45) is 3.42. The molecular weight excluding hydrogens is 309 g/mol. The molecule has 1 aliphatic rings. The minimum atomic E-state index is 0.173. The van der Waals surface area contributed by atoms with Crippen LogP contribution in [0.1, 0.15) is 39.2 Å². The van der Waals surface area contributed by atoms with Crippen molar-refractivity contribution in [3.8, 4) is 11.4 Å². The Morgan fingerprint density at radius 3 is 2.71 bits per heavy atom. The molecule has 1 fully saturated rings. The summed E-state index contributed by atoms with van der Waals surface area (Å²) in [5.74, 6) is 0.681. The summed E-state index contributed by atoms with van der Waals surface area (Å²) in [6, 6.07) is 3.79. The van der Waals surface area contributed by atoms with Gasteiger partial charge in [0.1, 0.15) is 0 Å². The molecular formula is C14H17Cl2N5. The second-order valence-electron chi connectivity index (χ2n) is 6.20. The molecule has 7 heteroatoms. The van der Waals surface area contributed by atoms with E-state index in [1.54, 1.807) is 12.1 Å². The fourth-order valence-electron chi connectivity index (χ4n) is 3.09. The third-order valence-corrected chi connectivity index (χ3v) is 5.12. The number of hydrogen-bond donors (Lipinski definition) is 1. The Balaban J connectivity index is 2.08. The lowest BCUT2D eigenvalue weighted by Crippen LogP contribution is -2.23. The lowest BCUT2D eigenvalue weighted by molar-refractivity contribution is 0.242. The van der Waals surface area contributed by atoms with Crippen molar-refractivity contribution < 1.29 is 0 Å². The van der Waals surface area contributed by atoms with Crippen LogP contribution in [0.15, 0.2) is 12.1 Å². The highest BCUT2D eigenvalue weighted by atomic mass is 35.5. The molecule has 2 N–H and O–H groups in total. The number of nitrogens with zero attached hydrogens (tertiary/aromatic N) is 4. The van der Waals surface area contributed by atoms with Crippen LogP contribution in [0.25, 0.3) is 11.4 Å². The Bertz CT molecular complexity index is 657. The van der Waals surface area contributed by atoms with Crippen LogP contribution in [-0.4, -0.2) is 20.2 Å². The van der Waals surface area contributed by atoms with Crippen LogP contribution in [0.3, 0.4) is 0 Å². The van der Waals surface area contributed by atoms with E-state index in [4.69, 9.17) is 28.9 Å². The standard InChI is InChI=1S/C14H17Cl2N5/c1-14(2)5-3-4-11(14)21-13(18-19-20-21)8-6-9(15)12(16)10(17)7-8/h6-7,11H,3-5,17H2,1-2H3. The summed E-state index contributed by atoms with van der Waals surface area (Å²) in [5, 5.41) is 13.0. The Hall–Kier alpha value is -1.33. The van der Waals surface area contributed by atoms with Crippen LogP contribution in [0.5, 0.6) is 0 Å². The number of benzene rings is 1. The van der Waals surface area contributed by atoms with Crippen molar-refractivity contribution in [2.24, 2.45) is 5.41 Å². The van der Waals surface area contributed by atoms with Gasteiger partial charge in [-0.3, -0.25) is 0 Å². The third-order valence-electron chi connectivity index (χ3n) is 4.30.